The summed E-state index contributed by atoms with van der Waals surface area (Å²) in [5.41, 5.74) is 2.92. The molecule has 322 valence electrons. The standard InChI is InChI=1S/C47H52N7O7P/c1-32(2)54(33(3)4)62(59-27-13-26-48)61-41-28-40(60-46(41)53-31-51-42-43(49-30-50-44(42)53)52-45(55)34-14-9-7-10-15-34)29-58-47(35-16-11-8-12-17-35,36-18-22-38(56-5)23-19-36)37-20-24-39(57-6)25-21-37/h7-12,14-25,30-33,40-41,46H,13,27-29H2,1-6H3,(H,49,50,52,55)/t40-,41+,46+,62?/m0/s1. The largest absolute Gasteiger partial charge is 0.497 e. The highest BCUT2D eigenvalue weighted by Gasteiger charge is 2.45. The van der Waals surface area contributed by atoms with Crippen LogP contribution < -0.4 is 14.8 Å². The number of nitrogens with one attached hydrogen (secondary N) is 1. The van der Waals surface area contributed by atoms with Crippen molar-refractivity contribution in [3.05, 3.63) is 144 Å². The third-order valence-corrected chi connectivity index (χ3v) is 12.7. The maximum absolute atomic E-state index is 13.2. The number of carbonyl (C=O) groups is 1. The molecule has 0 radical (unpaired) electrons. The van der Waals surface area contributed by atoms with Gasteiger partial charge < -0.3 is 33.3 Å². The molecule has 0 spiro atoms. The molecule has 6 aromatic rings. The Balaban J connectivity index is 1.27. The van der Waals surface area contributed by atoms with Gasteiger partial charge >= 0.3 is 0 Å². The molecule has 15 heteroatoms. The van der Waals surface area contributed by atoms with Crippen LogP contribution in [0.3, 0.4) is 0 Å². The number of amides is 1. The van der Waals surface area contributed by atoms with Crippen molar-refractivity contribution in [2.24, 2.45) is 0 Å². The molecule has 7 rings (SSSR count). The Morgan fingerprint density at radius 2 is 1.47 bits per heavy atom. The number of imidazole rings is 1. The normalized spacial score (nSPS) is 17.1. The molecule has 1 saturated heterocycles. The second-order valence-corrected chi connectivity index (χ2v) is 16.7. The van der Waals surface area contributed by atoms with Gasteiger partial charge in [0.15, 0.2) is 23.2 Å². The summed E-state index contributed by atoms with van der Waals surface area (Å²) in [6, 6.07) is 37.1. The zero-order valence-electron chi connectivity index (χ0n) is 35.8. The summed E-state index contributed by atoms with van der Waals surface area (Å²) in [6.45, 7) is 8.74. The lowest BCUT2D eigenvalue weighted by Crippen LogP contribution is -2.36. The lowest BCUT2D eigenvalue weighted by atomic mass is 9.80. The Morgan fingerprint density at radius 1 is 0.871 bits per heavy atom. The summed E-state index contributed by atoms with van der Waals surface area (Å²) in [5.74, 6) is 1.38. The SMILES string of the molecule is COc1ccc(C(OC[C@@H]2C[C@@H](OP(OCCC#N)N(C(C)C)C(C)C)[C@H](n3cnc4c(NC(=O)c5ccccc5)ncnc43)O2)(c2ccccc2)c2ccc(OC)cc2)cc1. The van der Waals surface area contributed by atoms with Gasteiger partial charge in [-0.05, 0) is 80.8 Å². The molecule has 62 heavy (non-hydrogen) atoms. The molecule has 0 saturated carbocycles. The van der Waals surface area contributed by atoms with Gasteiger partial charge in [0.2, 0.25) is 0 Å². The van der Waals surface area contributed by atoms with E-state index in [-0.39, 0.29) is 43.4 Å². The van der Waals surface area contributed by atoms with Gasteiger partial charge in [-0.2, -0.15) is 5.26 Å². The quantitative estimate of drug-likeness (QED) is 0.0469. The van der Waals surface area contributed by atoms with Crippen LogP contribution >= 0.6 is 8.53 Å². The molecule has 14 nitrogen and oxygen atoms in total. The second-order valence-electron chi connectivity index (χ2n) is 15.3. The van der Waals surface area contributed by atoms with Crippen LogP contribution in [0.15, 0.2) is 122 Å². The van der Waals surface area contributed by atoms with Crippen LogP contribution in [-0.4, -0.2) is 81.8 Å². The van der Waals surface area contributed by atoms with Crippen LogP contribution in [0.4, 0.5) is 5.82 Å². The molecule has 1 aliphatic heterocycles. The number of ether oxygens (including phenoxy) is 4. The maximum Gasteiger partial charge on any atom is 0.259 e. The molecule has 1 fully saturated rings. The van der Waals surface area contributed by atoms with E-state index in [2.05, 4.69) is 65.9 Å². The van der Waals surface area contributed by atoms with Crippen LogP contribution in [0.25, 0.3) is 11.2 Å². The fourth-order valence-electron chi connectivity index (χ4n) is 7.76. The summed E-state index contributed by atoms with van der Waals surface area (Å²) in [7, 11) is 1.62. The fourth-order valence-corrected chi connectivity index (χ4v) is 9.49. The molecule has 1 aliphatic rings. The van der Waals surface area contributed by atoms with Crippen molar-refractivity contribution < 1.29 is 32.8 Å². The number of methoxy groups -OCH3 is 2. The zero-order chi connectivity index (χ0) is 43.6. The number of anilines is 1. The number of aromatic nitrogens is 4. The van der Waals surface area contributed by atoms with E-state index in [1.807, 2.05) is 77.4 Å². The van der Waals surface area contributed by atoms with E-state index in [0.717, 1.165) is 28.2 Å². The summed E-state index contributed by atoms with van der Waals surface area (Å²) in [4.78, 5) is 26.9. The van der Waals surface area contributed by atoms with Gasteiger partial charge in [-0.15, -0.1) is 0 Å². The summed E-state index contributed by atoms with van der Waals surface area (Å²) >= 11 is 0. The lowest BCUT2D eigenvalue weighted by Gasteiger charge is -2.37. The number of rotatable bonds is 19. The highest BCUT2D eigenvalue weighted by Crippen LogP contribution is 2.51. The molecule has 0 bridgehead atoms. The summed E-state index contributed by atoms with van der Waals surface area (Å²) in [5, 5.41) is 12.3. The first-order valence-corrected chi connectivity index (χ1v) is 21.7. The van der Waals surface area contributed by atoms with E-state index in [4.69, 9.17) is 33.0 Å². The summed E-state index contributed by atoms with van der Waals surface area (Å²) < 4.78 is 42.8. The number of carbonyl (C=O) groups excluding carboxylic acids is 1. The summed E-state index contributed by atoms with van der Waals surface area (Å²) in [6.07, 6.45) is 1.82. The minimum Gasteiger partial charge on any atom is -0.497 e. The highest BCUT2D eigenvalue weighted by molar-refractivity contribution is 7.44. The lowest BCUT2D eigenvalue weighted by molar-refractivity contribution is -0.0839. The van der Waals surface area contributed by atoms with Gasteiger partial charge in [0.1, 0.15) is 29.5 Å². The predicted molar refractivity (Wildman–Crippen MR) is 237 cm³/mol. The van der Waals surface area contributed by atoms with Gasteiger partial charge in [-0.25, -0.2) is 19.6 Å². The smallest absolute Gasteiger partial charge is 0.259 e. The number of nitrogens with zero attached hydrogens (tertiary/aromatic N) is 6. The molecule has 1 N–H and O–H groups in total. The van der Waals surface area contributed by atoms with Crippen molar-refractivity contribution in [1.82, 2.24) is 24.2 Å². The van der Waals surface area contributed by atoms with E-state index in [1.54, 1.807) is 44.8 Å². The van der Waals surface area contributed by atoms with E-state index in [9.17, 15) is 10.1 Å². The van der Waals surface area contributed by atoms with Crippen LogP contribution in [-0.2, 0) is 24.1 Å². The zero-order valence-corrected chi connectivity index (χ0v) is 36.6. The fraction of sp³-hybridized carbons (Fsp3) is 0.340. The first-order valence-electron chi connectivity index (χ1n) is 20.6. The van der Waals surface area contributed by atoms with Gasteiger partial charge in [0.25, 0.3) is 14.4 Å². The minimum atomic E-state index is -1.67. The van der Waals surface area contributed by atoms with Gasteiger partial charge in [0.05, 0.1) is 52.4 Å². The molecule has 1 unspecified atom stereocenters. The topological polar surface area (TPSA) is 155 Å². The monoisotopic (exact) mass is 857 g/mol. The van der Waals surface area contributed by atoms with Crippen LogP contribution in [0.1, 0.15) is 73.8 Å². The number of nitriles is 1. The number of benzene rings is 4. The first kappa shape index (κ1) is 44.3. The maximum atomic E-state index is 13.2. The van der Waals surface area contributed by atoms with Crippen LogP contribution in [0.5, 0.6) is 11.5 Å². The molecule has 0 aliphatic carbocycles. The van der Waals surface area contributed by atoms with Gasteiger partial charge in [-0.1, -0.05) is 72.8 Å². The third kappa shape index (κ3) is 9.64. The van der Waals surface area contributed by atoms with Gasteiger partial charge in [-0.3, -0.25) is 9.36 Å². The van der Waals surface area contributed by atoms with E-state index in [0.29, 0.717) is 23.1 Å². The minimum absolute atomic E-state index is 0.0705. The third-order valence-electron chi connectivity index (χ3n) is 10.6. The molecular formula is C47H52N7O7P. The van der Waals surface area contributed by atoms with E-state index in [1.165, 1.54) is 6.33 Å². The number of hydrogen-bond donors (Lipinski definition) is 1. The number of fused-ring (bicyclic) bond motifs is 1. The van der Waals surface area contributed by atoms with Crippen molar-refractivity contribution in [3.8, 4) is 17.6 Å². The van der Waals surface area contributed by atoms with Crippen molar-refractivity contribution in [2.45, 2.75) is 76.7 Å². The number of hydrogen-bond acceptors (Lipinski definition) is 12. The van der Waals surface area contributed by atoms with E-state index >= 15 is 0 Å². The van der Waals surface area contributed by atoms with Crippen LogP contribution in [0.2, 0.25) is 0 Å². The Bertz CT molecular complexity index is 2360. The molecule has 1 amide bonds. The Morgan fingerprint density at radius 3 is 2.05 bits per heavy atom. The Labute approximate surface area is 363 Å². The van der Waals surface area contributed by atoms with Crippen molar-refractivity contribution in [3.63, 3.8) is 0 Å². The molecule has 4 aromatic carbocycles. The molecular weight excluding hydrogens is 806 g/mol. The Kier molecular flexibility index (Phi) is 14.6. The molecule has 4 atom stereocenters. The average molecular weight is 858 g/mol. The molecule has 2 aromatic heterocycles. The van der Waals surface area contributed by atoms with Crippen molar-refractivity contribution in [2.75, 3.05) is 32.8 Å². The van der Waals surface area contributed by atoms with Crippen LogP contribution in [0, 0.1) is 11.3 Å². The molecule has 3 heterocycles. The highest BCUT2D eigenvalue weighted by atomic mass is 31.2. The second kappa shape index (κ2) is 20.4. The van der Waals surface area contributed by atoms with Gasteiger partial charge in [0, 0.05) is 24.1 Å². The average Bonchev–Trinajstić information content (AvgIpc) is 3.91. The Hall–Kier alpha value is -5.78. The van der Waals surface area contributed by atoms with Crippen molar-refractivity contribution in [1.29, 1.82) is 5.26 Å². The van der Waals surface area contributed by atoms with Crippen molar-refractivity contribution >= 4 is 31.4 Å². The first-order chi connectivity index (χ1) is 30.2. The predicted octanol–water partition coefficient (Wildman–Crippen LogP) is 9.05. The van der Waals surface area contributed by atoms with E-state index < -0.39 is 32.6 Å².